The van der Waals surface area contributed by atoms with Gasteiger partial charge in [0, 0.05) is 16.1 Å². The van der Waals surface area contributed by atoms with Crippen LogP contribution >= 0.6 is 50.7 Å². The Kier molecular flexibility index (Phi) is 4.96. The van der Waals surface area contributed by atoms with Gasteiger partial charge < -0.3 is 4.74 Å². The van der Waals surface area contributed by atoms with E-state index in [-0.39, 0.29) is 12.4 Å². The fourth-order valence-electron chi connectivity index (χ4n) is 1.41. The molecule has 0 bridgehead atoms. The summed E-state index contributed by atoms with van der Waals surface area (Å²) in [5.74, 6) is 0.00365. The van der Waals surface area contributed by atoms with Crippen LogP contribution in [0.15, 0.2) is 34.8 Å². The molecule has 0 saturated carbocycles. The van der Waals surface area contributed by atoms with E-state index in [1.165, 1.54) is 18.2 Å². The molecule has 0 aliphatic heterocycles. The number of hydrogen-bond acceptors (Lipinski definition) is 1. The second kappa shape index (κ2) is 6.31. The van der Waals surface area contributed by atoms with Crippen molar-refractivity contribution in [3.8, 4) is 5.75 Å². The Labute approximate surface area is 133 Å². The lowest BCUT2D eigenvalue weighted by molar-refractivity contribution is 0.300. The fourth-order valence-corrected chi connectivity index (χ4v) is 2.33. The van der Waals surface area contributed by atoms with Gasteiger partial charge in [-0.2, -0.15) is 0 Å². The molecule has 6 heteroatoms. The van der Waals surface area contributed by atoms with Crippen LogP contribution in [0.1, 0.15) is 5.56 Å². The molecule has 0 radical (unpaired) electrons. The van der Waals surface area contributed by atoms with E-state index in [9.17, 15) is 4.39 Å². The molecule has 0 aliphatic rings. The molecule has 0 aromatic heterocycles. The first kappa shape index (κ1) is 14.9. The van der Waals surface area contributed by atoms with E-state index in [1.807, 2.05) is 0 Å². The second-order valence-corrected chi connectivity index (χ2v) is 5.86. The van der Waals surface area contributed by atoms with Gasteiger partial charge in [0.05, 0.1) is 15.1 Å². The summed E-state index contributed by atoms with van der Waals surface area (Å²) in [6.45, 7) is 0.0524. The van der Waals surface area contributed by atoms with Crippen molar-refractivity contribution in [3.05, 3.63) is 61.3 Å². The summed E-state index contributed by atoms with van der Waals surface area (Å²) >= 11 is 20.8. The van der Waals surface area contributed by atoms with E-state index in [0.29, 0.717) is 30.9 Å². The molecular weight excluding hydrogens is 377 g/mol. The highest BCUT2D eigenvalue weighted by Gasteiger charge is 2.09. The summed E-state index contributed by atoms with van der Waals surface area (Å²) in [6.07, 6.45) is 0. The standard InChI is InChI=1S/C13H7BrCl3FO/c14-8-2-1-7(12(18)3-8)6-19-13-5-10(16)9(15)4-11(13)17/h1-5H,6H2. The summed E-state index contributed by atoms with van der Waals surface area (Å²) in [5, 5.41) is 0.998. The molecule has 0 aliphatic carbocycles. The van der Waals surface area contributed by atoms with E-state index in [2.05, 4.69) is 15.9 Å². The summed E-state index contributed by atoms with van der Waals surface area (Å²) < 4.78 is 19.7. The van der Waals surface area contributed by atoms with Gasteiger partial charge in [0.2, 0.25) is 0 Å². The molecule has 0 unspecified atom stereocenters. The third-order valence-corrected chi connectivity index (χ3v) is 3.88. The summed E-state index contributed by atoms with van der Waals surface area (Å²) in [4.78, 5) is 0. The number of halogens is 5. The highest BCUT2D eigenvalue weighted by atomic mass is 79.9. The lowest BCUT2D eigenvalue weighted by Crippen LogP contribution is -1.99. The van der Waals surface area contributed by atoms with Gasteiger partial charge in [0.15, 0.2) is 0 Å². The van der Waals surface area contributed by atoms with Crippen LogP contribution in [0.5, 0.6) is 5.75 Å². The highest BCUT2D eigenvalue weighted by molar-refractivity contribution is 9.10. The Morgan fingerprint density at radius 1 is 1.00 bits per heavy atom. The predicted octanol–water partition coefficient (Wildman–Crippen LogP) is 6.13. The lowest BCUT2D eigenvalue weighted by Gasteiger charge is -2.10. The van der Waals surface area contributed by atoms with Gasteiger partial charge in [-0.3, -0.25) is 0 Å². The third-order valence-electron chi connectivity index (χ3n) is 2.37. The van der Waals surface area contributed by atoms with Crippen molar-refractivity contribution in [2.45, 2.75) is 6.61 Å². The summed E-state index contributed by atoms with van der Waals surface area (Å²) in [5.41, 5.74) is 0.422. The first-order valence-corrected chi connectivity index (χ1v) is 7.11. The first-order chi connectivity index (χ1) is 8.97. The van der Waals surface area contributed by atoms with Gasteiger partial charge in [-0.1, -0.05) is 56.8 Å². The Hall–Kier alpha value is -0.480. The number of benzene rings is 2. The Balaban J connectivity index is 2.16. The third kappa shape index (κ3) is 3.76. The topological polar surface area (TPSA) is 9.23 Å². The maximum atomic E-state index is 13.6. The quantitative estimate of drug-likeness (QED) is 0.579. The van der Waals surface area contributed by atoms with E-state index in [1.54, 1.807) is 12.1 Å². The molecule has 1 nitrogen and oxygen atoms in total. The average molecular weight is 384 g/mol. The van der Waals surface area contributed by atoms with Crippen molar-refractivity contribution in [1.82, 2.24) is 0 Å². The monoisotopic (exact) mass is 382 g/mol. The first-order valence-electron chi connectivity index (χ1n) is 5.18. The zero-order valence-electron chi connectivity index (χ0n) is 9.39. The van der Waals surface area contributed by atoms with Crippen molar-refractivity contribution >= 4 is 50.7 Å². The molecule has 2 aromatic carbocycles. The summed E-state index contributed by atoms with van der Waals surface area (Å²) in [6, 6.07) is 7.72. The molecule has 19 heavy (non-hydrogen) atoms. The largest absolute Gasteiger partial charge is 0.487 e. The molecule has 100 valence electrons. The maximum absolute atomic E-state index is 13.6. The van der Waals surface area contributed by atoms with Crippen molar-refractivity contribution in [2.75, 3.05) is 0 Å². The minimum absolute atomic E-state index is 0.0524. The molecule has 2 aromatic rings. The van der Waals surface area contributed by atoms with E-state index >= 15 is 0 Å². The Morgan fingerprint density at radius 3 is 2.37 bits per heavy atom. The van der Waals surface area contributed by atoms with Crippen molar-refractivity contribution in [1.29, 1.82) is 0 Å². The van der Waals surface area contributed by atoms with Crippen LogP contribution in [0, 0.1) is 5.82 Å². The molecule has 0 spiro atoms. The Morgan fingerprint density at radius 2 is 1.68 bits per heavy atom. The van der Waals surface area contributed by atoms with Crippen LogP contribution in [0.3, 0.4) is 0 Å². The van der Waals surface area contributed by atoms with Crippen molar-refractivity contribution in [2.24, 2.45) is 0 Å². The van der Waals surface area contributed by atoms with E-state index in [0.717, 1.165) is 0 Å². The highest BCUT2D eigenvalue weighted by Crippen LogP contribution is 2.34. The van der Waals surface area contributed by atoms with Crippen LogP contribution in [-0.2, 0) is 6.61 Å². The van der Waals surface area contributed by atoms with Gasteiger partial charge in [0.1, 0.15) is 18.2 Å². The minimum atomic E-state index is -0.356. The van der Waals surface area contributed by atoms with E-state index in [4.69, 9.17) is 39.5 Å². The van der Waals surface area contributed by atoms with Crippen LogP contribution in [0.4, 0.5) is 4.39 Å². The smallest absolute Gasteiger partial charge is 0.139 e. The Bertz CT molecular complexity index is 619. The fraction of sp³-hybridized carbons (Fsp3) is 0.0769. The van der Waals surface area contributed by atoms with Crippen LogP contribution in [-0.4, -0.2) is 0 Å². The predicted molar refractivity (Wildman–Crippen MR) is 79.9 cm³/mol. The van der Waals surface area contributed by atoms with Crippen LogP contribution < -0.4 is 4.74 Å². The number of ether oxygens (including phenoxy) is 1. The molecule has 0 fully saturated rings. The van der Waals surface area contributed by atoms with E-state index < -0.39 is 0 Å². The van der Waals surface area contributed by atoms with Gasteiger partial charge in [0.25, 0.3) is 0 Å². The normalized spacial score (nSPS) is 10.6. The van der Waals surface area contributed by atoms with Crippen molar-refractivity contribution in [3.63, 3.8) is 0 Å². The van der Waals surface area contributed by atoms with Crippen LogP contribution in [0.2, 0.25) is 15.1 Å². The molecule has 0 atom stereocenters. The summed E-state index contributed by atoms with van der Waals surface area (Å²) in [7, 11) is 0. The van der Waals surface area contributed by atoms with Gasteiger partial charge in [-0.05, 0) is 18.2 Å². The minimum Gasteiger partial charge on any atom is -0.487 e. The zero-order valence-corrected chi connectivity index (χ0v) is 13.2. The van der Waals surface area contributed by atoms with Crippen molar-refractivity contribution < 1.29 is 9.13 Å². The molecule has 0 N–H and O–H groups in total. The second-order valence-electron chi connectivity index (χ2n) is 3.72. The van der Waals surface area contributed by atoms with Gasteiger partial charge in [-0.15, -0.1) is 0 Å². The molecule has 0 saturated heterocycles. The zero-order chi connectivity index (χ0) is 14.0. The van der Waals surface area contributed by atoms with Crippen LogP contribution in [0.25, 0.3) is 0 Å². The SMILES string of the molecule is Fc1cc(Br)ccc1COc1cc(Cl)c(Cl)cc1Cl. The average Bonchev–Trinajstić information content (AvgIpc) is 2.34. The number of rotatable bonds is 3. The molecular formula is C13H7BrCl3FO. The maximum Gasteiger partial charge on any atom is 0.139 e. The molecule has 2 rings (SSSR count). The lowest BCUT2D eigenvalue weighted by atomic mass is 10.2. The van der Waals surface area contributed by atoms with Gasteiger partial charge in [-0.25, -0.2) is 4.39 Å². The number of hydrogen-bond donors (Lipinski definition) is 0. The van der Waals surface area contributed by atoms with Gasteiger partial charge >= 0.3 is 0 Å². The molecule has 0 amide bonds. The molecule has 0 heterocycles.